The number of hydrogen-bond acceptors (Lipinski definition) is 8. The standard InChI is InChI=1S/C21H14N6O2S/c1-10-7-11(2)23-21-16(10)17-18(30-21)20-24-19(25-27(20)9-22-17)14-8-15(29-26-14)12-3-5-13(28)6-4-12/h3-9,28H,1-2H3. The molecule has 6 rings (SSSR count). The molecule has 0 saturated carbocycles. The molecule has 0 aliphatic carbocycles. The summed E-state index contributed by atoms with van der Waals surface area (Å²) in [5, 5.41) is 19.2. The fourth-order valence-electron chi connectivity index (χ4n) is 3.62. The van der Waals surface area contributed by atoms with E-state index in [0.717, 1.165) is 37.3 Å². The summed E-state index contributed by atoms with van der Waals surface area (Å²) in [6, 6.07) is 10.6. The second-order valence-corrected chi connectivity index (χ2v) is 8.11. The molecule has 8 nitrogen and oxygen atoms in total. The number of fused-ring (bicyclic) bond motifs is 5. The minimum absolute atomic E-state index is 0.195. The lowest BCUT2D eigenvalue weighted by atomic mass is 10.1. The number of benzene rings is 1. The Morgan fingerprint density at radius 3 is 2.73 bits per heavy atom. The fraction of sp³-hybridized carbons (Fsp3) is 0.0952. The van der Waals surface area contributed by atoms with Crippen LogP contribution < -0.4 is 0 Å². The smallest absolute Gasteiger partial charge is 0.204 e. The Morgan fingerprint density at radius 1 is 1.07 bits per heavy atom. The zero-order valence-corrected chi connectivity index (χ0v) is 16.8. The predicted octanol–water partition coefficient (Wildman–Crippen LogP) is 4.53. The van der Waals surface area contributed by atoms with E-state index >= 15 is 0 Å². The third-order valence-electron chi connectivity index (χ3n) is 4.98. The minimum atomic E-state index is 0.195. The van der Waals surface area contributed by atoms with E-state index in [0.29, 0.717) is 22.9 Å². The fourth-order valence-corrected chi connectivity index (χ4v) is 4.84. The van der Waals surface area contributed by atoms with Crippen LogP contribution in [-0.4, -0.2) is 34.8 Å². The van der Waals surface area contributed by atoms with Crippen molar-refractivity contribution in [1.29, 1.82) is 0 Å². The van der Waals surface area contributed by atoms with E-state index in [1.54, 1.807) is 52.5 Å². The molecule has 146 valence electrons. The van der Waals surface area contributed by atoms with Gasteiger partial charge in [-0.1, -0.05) is 5.16 Å². The van der Waals surface area contributed by atoms with E-state index in [2.05, 4.69) is 33.2 Å². The van der Waals surface area contributed by atoms with Gasteiger partial charge in [-0.3, -0.25) is 0 Å². The van der Waals surface area contributed by atoms with Gasteiger partial charge in [-0.05, 0) is 49.7 Å². The summed E-state index contributed by atoms with van der Waals surface area (Å²) in [5.74, 6) is 1.22. The molecule has 1 N–H and O–H groups in total. The normalized spacial score (nSPS) is 11.8. The van der Waals surface area contributed by atoms with Crippen LogP contribution in [0.5, 0.6) is 5.75 Å². The molecule has 30 heavy (non-hydrogen) atoms. The van der Waals surface area contributed by atoms with E-state index in [1.165, 1.54) is 0 Å². The first-order valence-corrected chi connectivity index (χ1v) is 10.1. The van der Waals surface area contributed by atoms with E-state index < -0.39 is 0 Å². The highest BCUT2D eigenvalue weighted by molar-refractivity contribution is 7.26. The van der Waals surface area contributed by atoms with Crippen LogP contribution in [0.2, 0.25) is 0 Å². The molecule has 5 heterocycles. The number of nitrogens with zero attached hydrogens (tertiary/aromatic N) is 6. The number of aryl methyl sites for hydroxylation is 2. The van der Waals surface area contributed by atoms with Crippen molar-refractivity contribution in [2.75, 3.05) is 0 Å². The van der Waals surface area contributed by atoms with Crippen LogP contribution in [0.3, 0.4) is 0 Å². The highest BCUT2D eigenvalue weighted by Crippen LogP contribution is 2.36. The molecule has 0 amide bonds. The maximum atomic E-state index is 9.46. The van der Waals surface area contributed by atoms with Gasteiger partial charge < -0.3 is 9.63 Å². The highest BCUT2D eigenvalue weighted by Gasteiger charge is 2.18. The first kappa shape index (κ1) is 17.0. The van der Waals surface area contributed by atoms with Gasteiger partial charge in [0.05, 0.1) is 5.52 Å². The van der Waals surface area contributed by atoms with E-state index in [9.17, 15) is 5.11 Å². The molecular formula is C21H14N6O2S. The van der Waals surface area contributed by atoms with Gasteiger partial charge in [-0.25, -0.2) is 19.5 Å². The molecule has 0 radical (unpaired) electrons. The van der Waals surface area contributed by atoms with Gasteiger partial charge in [0, 0.05) is 22.7 Å². The summed E-state index contributed by atoms with van der Waals surface area (Å²) >= 11 is 1.57. The molecular weight excluding hydrogens is 400 g/mol. The maximum absolute atomic E-state index is 9.46. The van der Waals surface area contributed by atoms with Crippen molar-refractivity contribution in [3.63, 3.8) is 0 Å². The van der Waals surface area contributed by atoms with Crippen LogP contribution >= 0.6 is 11.3 Å². The second kappa shape index (κ2) is 6.07. The lowest BCUT2D eigenvalue weighted by Gasteiger charge is -1.98. The SMILES string of the molecule is Cc1cc(C)c2c(n1)sc1c2ncn2nc(-c3cc(-c4ccc(O)cc4)on3)nc12. The van der Waals surface area contributed by atoms with Crippen molar-refractivity contribution >= 4 is 37.4 Å². The number of hydrogen-bond donors (Lipinski definition) is 1. The minimum Gasteiger partial charge on any atom is -0.508 e. The van der Waals surface area contributed by atoms with Gasteiger partial charge in [-0.15, -0.1) is 16.4 Å². The molecule has 0 aliphatic heterocycles. The first-order valence-electron chi connectivity index (χ1n) is 9.25. The summed E-state index contributed by atoms with van der Waals surface area (Å²) < 4.78 is 8.06. The Morgan fingerprint density at radius 2 is 1.90 bits per heavy atom. The highest BCUT2D eigenvalue weighted by atomic mass is 32.1. The Labute approximate surface area is 173 Å². The molecule has 0 unspecified atom stereocenters. The van der Waals surface area contributed by atoms with Gasteiger partial charge in [0.15, 0.2) is 17.1 Å². The van der Waals surface area contributed by atoms with E-state index in [4.69, 9.17) is 9.51 Å². The van der Waals surface area contributed by atoms with Gasteiger partial charge in [0.1, 0.15) is 21.6 Å². The lowest BCUT2D eigenvalue weighted by molar-refractivity contribution is 0.434. The summed E-state index contributed by atoms with van der Waals surface area (Å²) in [4.78, 5) is 14.9. The van der Waals surface area contributed by atoms with Gasteiger partial charge in [-0.2, -0.15) is 0 Å². The zero-order chi connectivity index (χ0) is 20.4. The third-order valence-corrected chi connectivity index (χ3v) is 6.05. The number of rotatable bonds is 2. The van der Waals surface area contributed by atoms with Crippen molar-refractivity contribution in [2.45, 2.75) is 13.8 Å². The van der Waals surface area contributed by atoms with Crippen molar-refractivity contribution in [1.82, 2.24) is 29.7 Å². The van der Waals surface area contributed by atoms with Gasteiger partial charge >= 0.3 is 0 Å². The Kier molecular flexibility index (Phi) is 3.45. The molecule has 0 bridgehead atoms. The monoisotopic (exact) mass is 414 g/mol. The molecule has 9 heteroatoms. The van der Waals surface area contributed by atoms with Crippen LogP contribution in [0.15, 0.2) is 47.2 Å². The molecule has 0 fully saturated rings. The number of aromatic hydroxyl groups is 1. The van der Waals surface area contributed by atoms with Crippen molar-refractivity contribution in [2.24, 2.45) is 0 Å². The number of aromatic nitrogens is 6. The Balaban J connectivity index is 1.51. The number of pyridine rings is 1. The molecule has 0 aliphatic rings. The zero-order valence-electron chi connectivity index (χ0n) is 16.0. The van der Waals surface area contributed by atoms with Gasteiger partial charge in [0.2, 0.25) is 5.82 Å². The first-order chi connectivity index (χ1) is 14.6. The second-order valence-electron chi connectivity index (χ2n) is 7.11. The average molecular weight is 414 g/mol. The quantitative estimate of drug-likeness (QED) is 0.444. The van der Waals surface area contributed by atoms with Crippen LogP contribution in [0.4, 0.5) is 0 Å². The predicted molar refractivity (Wildman–Crippen MR) is 114 cm³/mol. The molecule has 0 spiro atoms. The van der Waals surface area contributed by atoms with Crippen LogP contribution in [0, 0.1) is 13.8 Å². The summed E-state index contributed by atoms with van der Waals surface area (Å²) in [7, 11) is 0. The van der Waals surface area contributed by atoms with Crippen LogP contribution in [-0.2, 0) is 0 Å². The van der Waals surface area contributed by atoms with Crippen molar-refractivity contribution in [3.8, 4) is 28.6 Å². The summed E-state index contributed by atoms with van der Waals surface area (Å²) in [6.07, 6.45) is 1.67. The molecule has 0 saturated heterocycles. The number of phenolic OH excluding ortho intramolecular Hbond substituents is 1. The summed E-state index contributed by atoms with van der Waals surface area (Å²) in [6.45, 7) is 4.07. The Hall–Kier alpha value is -3.85. The Bertz CT molecular complexity index is 1580. The molecule has 1 aromatic carbocycles. The largest absolute Gasteiger partial charge is 0.508 e. The van der Waals surface area contributed by atoms with Crippen LogP contribution in [0.25, 0.3) is 48.9 Å². The van der Waals surface area contributed by atoms with E-state index in [1.807, 2.05) is 6.92 Å². The molecule has 0 atom stereocenters. The number of thiophene rings is 1. The van der Waals surface area contributed by atoms with Gasteiger partial charge in [0.25, 0.3) is 0 Å². The number of phenols is 1. The topological polar surface area (TPSA) is 102 Å². The van der Waals surface area contributed by atoms with Crippen molar-refractivity contribution in [3.05, 3.63) is 54.0 Å². The third kappa shape index (κ3) is 2.49. The lowest BCUT2D eigenvalue weighted by Crippen LogP contribution is -1.90. The van der Waals surface area contributed by atoms with Crippen LogP contribution in [0.1, 0.15) is 11.3 Å². The van der Waals surface area contributed by atoms with E-state index in [-0.39, 0.29) is 5.75 Å². The maximum Gasteiger partial charge on any atom is 0.204 e. The van der Waals surface area contributed by atoms with Crippen molar-refractivity contribution < 1.29 is 9.63 Å². The average Bonchev–Trinajstić information content (AvgIpc) is 3.43. The summed E-state index contributed by atoms with van der Waals surface area (Å²) in [5.41, 5.74) is 5.06. The molecule has 5 aromatic heterocycles. The molecule has 6 aromatic rings.